The molecule has 9 heavy (non-hydrogen) atoms. The zero-order chi connectivity index (χ0) is 6.85. The van der Waals surface area contributed by atoms with E-state index in [4.69, 9.17) is 0 Å². The van der Waals surface area contributed by atoms with Crippen molar-refractivity contribution < 1.29 is 0 Å². The van der Waals surface area contributed by atoms with Crippen molar-refractivity contribution in [2.24, 2.45) is 0 Å². The van der Waals surface area contributed by atoms with Crippen molar-refractivity contribution >= 4 is 61.6 Å². The van der Waals surface area contributed by atoms with Crippen LogP contribution in [-0.2, 0) is 0 Å². The highest BCUT2D eigenvalue weighted by Gasteiger charge is 2.01. The maximum atomic E-state index is 3.46. The molecule has 1 aromatic rings. The molecule has 1 rings (SSSR count). The first-order valence-electron chi connectivity index (χ1n) is 2.23. The molecule has 0 aliphatic rings. The van der Waals surface area contributed by atoms with Gasteiger partial charge < -0.3 is 0 Å². The van der Waals surface area contributed by atoms with E-state index >= 15 is 0 Å². The Morgan fingerprint density at radius 3 is 2.67 bits per heavy atom. The molecule has 1 aromatic heterocycles. The van der Waals surface area contributed by atoms with Crippen molar-refractivity contribution in [2.45, 2.75) is 4.21 Å². The molecule has 0 aliphatic carbocycles. The lowest BCUT2D eigenvalue weighted by Crippen LogP contribution is -1.54. The quantitative estimate of drug-likeness (QED) is 0.555. The van der Waals surface area contributed by atoms with E-state index in [1.807, 2.05) is 11.3 Å². The van der Waals surface area contributed by atoms with Gasteiger partial charge in [0.15, 0.2) is 0 Å². The summed E-state index contributed by atoms with van der Waals surface area (Å²) in [6.07, 6.45) is 2.09. The van der Waals surface area contributed by atoms with Crippen LogP contribution in [0.3, 0.4) is 0 Å². The zero-order valence-electron chi connectivity index (χ0n) is 4.65. The molecule has 0 N–H and O–H groups in total. The number of hydrogen-bond donors (Lipinski definition) is 0. The van der Waals surface area contributed by atoms with Crippen molar-refractivity contribution in [2.75, 3.05) is 6.26 Å². The number of thioether (sulfide) groups is 1. The fraction of sp³-hybridized carbons (Fsp3) is 0.200. The highest BCUT2D eigenvalue weighted by molar-refractivity contribution is 14.1. The highest BCUT2D eigenvalue weighted by atomic mass is 127. The minimum atomic E-state index is 1.23. The van der Waals surface area contributed by atoms with E-state index in [0.29, 0.717) is 0 Å². The third-order valence-electron chi connectivity index (χ3n) is 0.811. The first-order chi connectivity index (χ1) is 4.24. The molecular weight excluding hydrogens is 331 g/mol. The second kappa shape index (κ2) is 3.59. The topological polar surface area (TPSA) is 0 Å². The Hall–Kier alpha value is 1.26. The Balaban J connectivity index is 3.01. The van der Waals surface area contributed by atoms with Crippen LogP contribution in [0.4, 0.5) is 0 Å². The lowest BCUT2D eigenvalue weighted by atomic mass is 10.7. The molecule has 0 nitrogen and oxygen atoms in total. The highest BCUT2D eigenvalue weighted by Crippen LogP contribution is 2.34. The summed E-state index contributed by atoms with van der Waals surface area (Å²) in [5.41, 5.74) is 0. The van der Waals surface area contributed by atoms with Gasteiger partial charge in [-0.1, -0.05) is 0 Å². The van der Waals surface area contributed by atoms with E-state index in [1.165, 1.54) is 11.6 Å². The molecule has 0 fully saturated rings. The van der Waals surface area contributed by atoms with E-state index < -0.39 is 0 Å². The van der Waals surface area contributed by atoms with Crippen LogP contribution in [-0.4, -0.2) is 6.26 Å². The monoisotopic (exact) mass is 334 g/mol. The molecular formula is C5H4BrIS2. The lowest BCUT2D eigenvalue weighted by Gasteiger charge is -1.85. The second-order valence-electron chi connectivity index (χ2n) is 1.39. The van der Waals surface area contributed by atoms with Crippen LogP contribution < -0.4 is 0 Å². The smallest absolute Gasteiger partial charge is 0.0749 e. The molecule has 0 spiro atoms. The van der Waals surface area contributed by atoms with Crippen molar-refractivity contribution in [1.29, 1.82) is 0 Å². The van der Waals surface area contributed by atoms with Gasteiger partial charge in [-0.05, 0) is 50.8 Å². The van der Waals surface area contributed by atoms with Gasteiger partial charge in [0.1, 0.15) is 0 Å². The number of rotatable bonds is 1. The summed E-state index contributed by atoms with van der Waals surface area (Å²) >= 11 is 9.39. The normalized spacial score (nSPS) is 10.1. The Labute approximate surface area is 84.7 Å². The molecule has 4 heteroatoms. The van der Waals surface area contributed by atoms with Gasteiger partial charge in [0.05, 0.1) is 7.09 Å². The molecule has 0 amide bonds. The fourth-order valence-electron chi connectivity index (χ4n) is 0.464. The van der Waals surface area contributed by atoms with Crippen LogP contribution in [0.2, 0.25) is 0 Å². The Kier molecular flexibility index (Phi) is 3.34. The minimum absolute atomic E-state index is 1.23. The van der Waals surface area contributed by atoms with Gasteiger partial charge in [-0.25, -0.2) is 0 Å². The maximum absolute atomic E-state index is 3.46. The molecule has 0 saturated carbocycles. The molecule has 0 saturated heterocycles. The average Bonchev–Trinajstić information content (AvgIpc) is 2.10. The molecule has 0 atom stereocenters. The van der Waals surface area contributed by atoms with Crippen molar-refractivity contribution in [3.8, 4) is 0 Å². The van der Waals surface area contributed by atoms with Crippen molar-refractivity contribution in [1.82, 2.24) is 0 Å². The van der Waals surface area contributed by atoms with Crippen LogP contribution in [0.15, 0.2) is 14.7 Å². The van der Waals surface area contributed by atoms with Gasteiger partial charge in [-0.2, -0.15) is 0 Å². The summed E-state index contributed by atoms with van der Waals surface area (Å²) in [5, 5.41) is 0. The Morgan fingerprint density at radius 1 is 1.78 bits per heavy atom. The molecule has 0 aromatic carbocycles. The fourth-order valence-corrected chi connectivity index (χ4v) is 4.79. The first kappa shape index (κ1) is 8.36. The van der Waals surface area contributed by atoms with E-state index in [-0.39, 0.29) is 0 Å². The minimum Gasteiger partial charge on any atom is -0.122 e. The Bertz CT molecular complexity index is 209. The summed E-state index contributed by atoms with van der Waals surface area (Å²) in [4.78, 5) is 0. The summed E-state index contributed by atoms with van der Waals surface area (Å²) in [6, 6.07) is 2.14. The van der Waals surface area contributed by atoms with Crippen LogP contribution >= 0.6 is 61.6 Å². The van der Waals surface area contributed by atoms with Crippen molar-refractivity contribution in [3.05, 3.63) is 13.4 Å². The summed E-state index contributed by atoms with van der Waals surface area (Å²) in [6.45, 7) is 0. The predicted octanol–water partition coefficient (Wildman–Crippen LogP) is 3.84. The predicted molar refractivity (Wildman–Crippen MR) is 56.5 cm³/mol. The van der Waals surface area contributed by atoms with Crippen LogP contribution in [0.5, 0.6) is 0 Å². The summed E-state index contributed by atoms with van der Waals surface area (Å²) < 4.78 is 3.92. The molecule has 0 aliphatic heterocycles. The largest absolute Gasteiger partial charge is 0.122 e. The maximum Gasteiger partial charge on any atom is 0.0749 e. The van der Waals surface area contributed by atoms with Crippen LogP contribution in [0.25, 0.3) is 0 Å². The molecule has 1 heterocycles. The van der Waals surface area contributed by atoms with Crippen LogP contribution in [0, 0.1) is 2.88 Å². The van der Waals surface area contributed by atoms with Gasteiger partial charge in [-0.15, -0.1) is 23.1 Å². The number of hydrogen-bond acceptors (Lipinski definition) is 2. The van der Waals surface area contributed by atoms with E-state index in [1.54, 1.807) is 11.8 Å². The number of halogens is 2. The SMILES string of the molecule is CSc1sc(I)cc1Br. The van der Waals surface area contributed by atoms with E-state index in [9.17, 15) is 0 Å². The van der Waals surface area contributed by atoms with Crippen molar-refractivity contribution in [3.63, 3.8) is 0 Å². The molecule has 0 bridgehead atoms. The van der Waals surface area contributed by atoms with Gasteiger partial charge in [-0.3, -0.25) is 0 Å². The average molecular weight is 335 g/mol. The van der Waals surface area contributed by atoms with Gasteiger partial charge in [0, 0.05) is 4.47 Å². The Morgan fingerprint density at radius 2 is 2.44 bits per heavy atom. The second-order valence-corrected chi connectivity index (χ2v) is 6.27. The molecule has 50 valence electrons. The van der Waals surface area contributed by atoms with Gasteiger partial charge in [0.2, 0.25) is 0 Å². The molecule has 0 radical (unpaired) electrons. The van der Waals surface area contributed by atoms with Crippen LogP contribution in [0.1, 0.15) is 0 Å². The number of thiophene rings is 1. The first-order valence-corrected chi connectivity index (χ1v) is 6.14. The zero-order valence-corrected chi connectivity index (χ0v) is 10.0. The summed E-state index contributed by atoms with van der Waals surface area (Å²) in [5.74, 6) is 0. The third kappa shape index (κ3) is 2.10. The van der Waals surface area contributed by atoms with Gasteiger partial charge >= 0.3 is 0 Å². The standard InChI is InChI=1S/C5H4BrIS2/c1-8-5-3(6)2-4(7)9-5/h2H,1H3. The van der Waals surface area contributed by atoms with E-state index in [0.717, 1.165) is 0 Å². The van der Waals surface area contributed by atoms with Gasteiger partial charge in [0.25, 0.3) is 0 Å². The van der Waals surface area contributed by atoms with E-state index in [2.05, 4.69) is 50.8 Å². The summed E-state index contributed by atoms with van der Waals surface area (Å²) in [7, 11) is 0. The molecule has 0 unspecified atom stereocenters. The third-order valence-corrected chi connectivity index (χ3v) is 4.99. The lowest BCUT2D eigenvalue weighted by molar-refractivity contribution is 1.64.